The van der Waals surface area contributed by atoms with E-state index < -0.39 is 0 Å². The molecule has 2 atom stereocenters. The monoisotopic (exact) mass is 413 g/mol. The summed E-state index contributed by atoms with van der Waals surface area (Å²) in [4.78, 5) is 33.1. The molecule has 1 aromatic carbocycles. The van der Waals surface area contributed by atoms with E-state index >= 15 is 0 Å². The van der Waals surface area contributed by atoms with Crippen molar-refractivity contribution in [3.05, 3.63) is 58.7 Å². The topological polar surface area (TPSA) is 62.7 Å². The van der Waals surface area contributed by atoms with Crippen molar-refractivity contribution in [2.24, 2.45) is 5.92 Å². The summed E-state index contributed by atoms with van der Waals surface area (Å²) in [5, 5.41) is 0.745. The van der Waals surface area contributed by atoms with E-state index in [1.54, 1.807) is 19.2 Å². The number of nitrogens with zero attached hydrogens (tertiary/aromatic N) is 3. The summed E-state index contributed by atoms with van der Waals surface area (Å²) in [6, 6.07) is 11.4. The smallest absolute Gasteiger partial charge is 0.339 e. The number of carbonyl (C=O) groups is 2. The summed E-state index contributed by atoms with van der Waals surface area (Å²) in [6.07, 6.45) is 2.42. The SMILES string of the molecule is CCOC(=O)c1ccc(N2CCN(C(=O)C3CC3c3ccccc3Cl)CC2)nc1. The Morgan fingerprint density at radius 1 is 1.14 bits per heavy atom. The van der Waals surface area contributed by atoms with Gasteiger partial charge in [-0.1, -0.05) is 29.8 Å². The summed E-state index contributed by atoms with van der Waals surface area (Å²) in [5.41, 5.74) is 1.53. The second-order valence-corrected chi connectivity index (χ2v) is 7.82. The number of ether oxygens (including phenoxy) is 1. The predicted molar refractivity (Wildman–Crippen MR) is 111 cm³/mol. The highest BCUT2D eigenvalue weighted by molar-refractivity contribution is 6.31. The van der Waals surface area contributed by atoms with Crippen LogP contribution in [0, 0.1) is 5.92 Å². The number of amides is 1. The van der Waals surface area contributed by atoms with E-state index in [0.717, 1.165) is 35.9 Å². The molecule has 0 spiro atoms. The number of hydrogen-bond donors (Lipinski definition) is 0. The third-order valence-electron chi connectivity index (χ3n) is 5.59. The van der Waals surface area contributed by atoms with Crippen molar-refractivity contribution < 1.29 is 14.3 Å². The second-order valence-electron chi connectivity index (χ2n) is 7.41. The molecule has 1 aliphatic heterocycles. The minimum atomic E-state index is -0.362. The molecule has 4 rings (SSSR count). The maximum Gasteiger partial charge on any atom is 0.339 e. The van der Waals surface area contributed by atoms with E-state index in [4.69, 9.17) is 16.3 Å². The van der Waals surface area contributed by atoms with Crippen molar-refractivity contribution in [1.82, 2.24) is 9.88 Å². The molecular formula is C22H24ClN3O3. The first-order chi connectivity index (χ1) is 14.1. The first-order valence-electron chi connectivity index (χ1n) is 9.99. The van der Waals surface area contributed by atoms with Crippen LogP contribution in [-0.4, -0.2) is 54.5 Å². The molecule has 6 nitrogen and oxygen atoms in total. The van der Waals surface area contributed by atoms with Gasteiger partial charge in [-0.05, 0) is 43.0 Å². The lowest BCUT2D eigenvalue weighted by atomic mass is 10.1. The first-order valence-corrected chi connectivity index (χ1v) is 10.4. The van der Waals surface area contributed by atoms with E-state index in [0.29, 0.717) is 25.3 Å². The Labute approximate surface area is 175 Å². The van der Waals surface area contributed by atoms with Crippen molar-refractivity contribution in [3.8, 4) is 0 Å². The summed E-state index contributed by atoms with van der Waals surface area (Å²) in [7, 11) is 0. The van der Waals surface area contributed by atoms with Crippen LogP contribution in [0.2, 0.25) is 5.02 Å². The fraction of sp³-hybridized carbons (Fsp3) is 0.409. The number of aromatic nitrogens is 1. The summed E-state index contributed by atoms with van der Waals surface area (Å²) in [5.74, 6) is 0.958. The van der Waals surface area contributed by atoms with Crippen molar-refractivity contribution >= 4 is 29.3 Å². The van der Waals surface area contributed by atoms with Crippen LogP contribution >= 0.6 is 11.6 Å². The van der Waals surface area contributed by atoms with Gasteiger partial charge in [0.25, 0.3) is 0 Å². The average Bonchev–Trinajstić information content (AvgIpc) is 3.55. The molecule has 2 aliphatic rings. The molecule has 1 saturated heterocycles. The largest absolute Gasteiger partial charge is 0.462 e. The van der Waals surface area contributed by atoms with Gasteiger partial charge in [-0.15, -0.1) is 0 Å². The highest BCUT2D eigenvalue weighted by Crippen LogP contribution is 2.50. The molecule has 2 heterocycles. The van der Waals surface area contributed by atoms with Gasteiger partial charge in [-0.25, -0.2) is 9.78 Å². The molecular weight excluding hydrogens is 390 g/mol. The standard InChI is InChI=1S/C22H24ClN3O3/c1-2-29-22(28)15-7-8-20(24-14-15)25-9-11-26(12-10-25)21(27)18-13-17(18)16-5-3-4-6-19(16)23/h3-8,14,17-18H,2,9-13H2,1H3. The van der Waals surface area contributed by atoms with Crippen molar-refractivity contribution in [2.75, 3.05) is 37.7 Å². The Kier molecular flexibility index (Phi) is 5.72. The predicted octanol–water partition coefficient (Wildman–Crippen LogP) is 3.36. The molecule has 0 N–H and O–H groups in total. The summed E-state index contributed by atoms with van der Waals surface area (Å²) in [6.45, 7) is 4.91. The maximum atomic E-state index is 12.9. The van der Waals surface area contributed by atoms with Crippen LogP contribution < -0.4 is 4.90 Å². The zero-order chi connectivity index (χ0) is 20.4. The Morgan fingerprint density at radius 3 is 2.55 bits per heavy atom. The third kappa shape index (κ3) is 4.22. The van der Waals surface area contributed by atoms with Gasteiger partial charge in [-0.2, -0.15) is 0 Å². The van der Waals surface area contributed by atoms with Crippen LogP contribution in [0.4, 0.5) is 5.82 Å². The number of anilines is 1. The molecule has 0 bridgehead atoms. The Bertz CT molecular complexity index is 894. The lowest BCUT2D eigenvalue weighted by molar-refractivity contribution is -0.133. The molecule has 7 heteroatoms. The fourth-order valence-electron chi connectivity index (χ4n) is 3.89. The quantitative estimate of drug-likeness (QED) is 0.703. The Balaban J connectivity index is 1.31. The van der Waals surface area contributed by atoms with Crippen LogP contribution in [0.25, 0.3) is 0 Å². The molecule has 1 amide bonds. The van der Waals surface area contributed by atoms with Gasteiger partial charge in [0.1, 0.15) is 5.82 Å². The van der Waals surface area contributed by atoms with Crippen LogP contribution in [0.1, 0.15) is 35.2 Å². The van der Waals surface area contributed by atoms with Gasteiger partial charge in [-0.3, -0.25) is 4.79 Å². The lowest BCUT2D eigenvalue weighted by Crippen LogP contribution is -2.49. The maximum absolute atomic E-state index is 12.9. The molecule has 0 radical (unpaired) electrons. The van der Waals surface area contributed by atoms with Crippen LogP contribution in [-0.2, 0) is 9.53 Å². The highest BCUT2D eigenvalue weighted by Gasteiger charge is 2.46. The van der Waals surface area contributed by atoms with Crippen molar-refractivity contribution in [3.63, 3.8) is 0 Å². The number of carbonyl (C=O) groups excluding carboxylic acids is 2. The van der Waals surface area contributed by atoms with Gasteiger partial charge in [0.05, 0.1) is 12.2 Å². The number of rotatable bonds is 5. The molecule has 29 heavy (non-hydrogen) atoms. The van der Waals surface area contributed by atoms with Crippen LogP contribution in [0.3, 0.4) is 0 Å². The van der Waals surface area contributed by atoms with Crippen molar-refractivity contribution in [1.29, 1.82) is 0 Å². The van der Waals surface area contributed by atoms with Crippen LogP contribution in [0.15, 0.2) is 42.6 Å². The van der Waals surface area contributed by atoms with Crippen LogP contribution in [0.5, 0.6) is 0 Å². The Hall–Kier alpha value is -2.60. The fourth-order valence-corrected chi connectivity index (χ4v) is 4.16. The summed E-state index contributed by atoms with van der Waals surface area (Å²) >= 11 is 6.28. The number of pyridine rings is 1. The number of hydrogen-bond acceptors (Lipinski definition) is 5. The number of esters is 1. The molecule has 2 unspecified atom stereocenters. The molecule has 2 fully saturated rings. The van der Waals surface area contributed by atoms with E-state index in [1.807, 2.05) is 35.2 Å². The zero-order valence-corrected chi connectivity index (χ0v) is 17.1. The van der Waals surface area contributed by atoms with Crippen molar-refractivity contribution in [2.45, 2.75) is 19.3 Å². The normalized spacial score (nSPS) is 21.0. The average molecular weight is 414 g/mol. The highest BCUT2D eigenvalue weighted by atomic mass is 35.5. The summed E-state index contributed by atoms with van der Waals surface area (Å²) < 4.78 is 4.98. The third-order valence-corrected chi connectivity index (χ3v) is 5.93. The minimum Gasteiger partial charge on any atom is -0.462 e. The molecule has 1 aliphatic carbocycles. The van der Waals surface area contributed by atoms with Gasteiger partial charge in [0.2, 0.25) is 5.91 Å². The molecule has 1 saturated carbocycles. The minimum absolute atomic E-state index is 0.0448. The number of piperazine rings is 1. The lowest BCUT2D eigenvalue weighted by Gasteiger charge is -2.35. The molecule has 2 aromatic rings. The van der Waals surface area contributed by atoms with Gasteiger partial charge < -0.3 is 14.5 Å². The van der Waals surface area contributed by atoms with E-state index in [-0.39, 0.29) is 23.7 Å². The molecule has 152 valence electrons. The number of halogens is 1. The van der Waals surface area contributed by atoms with Gasteiger partial charge in [0.15, 0.2) is 0 Å². The molecule has 1 aromatic heterocycles. The van der Waals surface area contributed by atoms with E-state index in [9.17, 15) is 9.59 Å². The Morgan fingerprint density at radius 2 is 1.90 bits per heavy atom. The van der Waals surface area contributed by atoms with E-state index in [1.165, 1.54) is 0 Å². The zero-order valence-electron chi connectivity index (χ0n) is 16.4. The second kappa shape index (κ2) is 8.41. The first kappa shape index (κ1) is 19.7. The van der Waals surface area contributed by atoms with E-state index in [2.05, 4.69) is 9.88 Å². The van der Waals surface area contributed by atoms with Gasteiger partial charge >= 0.3 is 5.97 Å². The van der Waals surface area contributed by atoms with Gasteiger partial charge in [0, 0.05) is 43.3 Å². The number of benzene rings is 1.